The Morgan fingerprint density at radius 3 is 2.56 bits per heavy atom. The number of furan rings is 1. The van der Waals surface area contributed by atoms with E-state index in [1.165, 1.54) is 12.8 Å². The van der Waals surface area contributed by atoms with Crippen molar-refractivity contribution >= 4 is 29.3 Å². The van der Waals surface area contributed by atoms with E-state index in [1.807, 2.05) is 36.9 Å². The molecule has 0 radical (unpaired) electrons. The maximum atomic E-state index is 12.9. The number of para-hydroxylation sites is 1. The number of carbonyl (C=O) groups is 1. The Morgan fingerprint density at radius 1 is 1.20 bits per heavy atom. The number of benzene rings is 1. The molecule has 2 heterocycles. The van der Waals surface area contributed by atoms with Crippen LogP contribution >= 0.6 is 12.4 Å². The van der Waals surface area contributed by atoms with Crippen LogP contribution in [0.5, 0.6) is 0 Å². The highest BCUT2D eigenvalue weighted by Crippen LogP contribution is 2.30. The monoisotopic (exact) mass is 362 g/mol. The van der Waals surface area contributed by atoms with Gasteiger partial charge in [0.15, 0.2) is 5.76 Å². The van der Waals surface area contributed by atoms with Crippen molar-refractivity contribution in [2.24, 2.45) is 5.92 Å². The molecule has 2 fully saturated rings. The maximum Gasteiger partial charge on any atom is 0.289 e. The number of hydrogen-bond donors (Lipinski definition) is 1. The summed E-state index contributed by atoms with van der Waals surface area (Å²) in [5.74, 6) is 1.47. The van der Waals surface area contributed by atoms with Crippen molar-refractivity contribution in [3.8, 4) is 0 Å². The molecule has 4 nitrogen and oxygen atoms in total. The molecule has 1 aliphatic heterocycles. The lowest BCUT2D eigenvalue weighted by Crippen LogP contribution is -2.45. The summed E-state index contributed by atoms with van der Waals surface area (Å²) >= 11 is 0. The quantitative estimate of drug-likeness (QED) is 0.891. The Bertz CT molecular complexity index is 758. The molecule has 1 saturated heterocycles. The molecule has 1 aromatic heterocycles. The van der Waals surface area contributed by atoms with Crippen molar-refractivity contribution in [2.75, 3.05) is 19.6 Å². The van der Waals surface area contributed by atoms with E-state index in [0.717, 1.165) is 60.5 Å². The van der Waals surface area contributed by atoms with Crippen molar-refractivity contribution < 1.29 is 9.21 Å². The number of aryl methyl sites for hydroxylation is 2. The van der Waals surface area contributed by atoms with Gasteiger partial charge in [0.25, 0.3) is 5.91 Å². The zero-order valence-electron chi connectivity index (χ0n) is 15.0. The summed E-state index contributed by atoms with van der Waals surface area (Å²) < 4.78 is 5.95. The predicted molar refractivity (Wildman–Crippen MR) is 103 cm³/mol. The molecule has 1 aromatic carbocycles. The molecule has 1 saturated carbocycles. The average Bonchev–Trinajstić information content (AvgIpc) is 3.37. The van der Waals surface area contributed by atoms with E-state index in [-0.39, 0.29) is 18.3 Å². The van der Waals surface area contributed by atoms with Crippen LogP contribution in [-0.4, -0.2) is 36.5 Å². The van der Waals surface area contributed by atoms with Crippen LogP contribution in [-0.2, 0) is 0 Å². The van der Waals surface area contributed by atoms with Gasteiger partial charge in [0.1, 0.15) is 5.58 Å². The molecule has 0 spiro atoms. The number of nitrogens with zero attached hydrogens (tertiary/aromatic N) is 1. The molecule has 0 unspecified atom stereocenters. The smallest absolute Gasteiger partial charge is 0.289 e. The molecule has 25 heavy (non-hydrogen) atoms. The summed E-state index contributed by atoms with van der Waals surface area (Å²) in [6.07, 6.45) is 4.84. The third kappa shape index (κ3) is 3.70. The number of carbonyl (C=O) groups excluding carboxylic acids is 1. The third-order valence-electron chi connectivity index (χ3n) is 5.53. The van der Waals surface area contributed by atoms with Gasteiger partial charge in [0.2, 0.25) is 0 Å². The first-order valence-electron chi connectivity index (χ1n) is 9.15. The third-order valence-corrected chi connectivity index (χ3v) is 5.53. The fourth-order valence-electron chi connectivity index (χ4n) is 3.67. The van der Waals surface area contributed by atoms with Crippen LogP contribution in [0.3, 0.4) is 0 Å². The molecule has 5 heteroatoms. The largest absolute Gasteiger partial charge is 0.450 e. The van der Waals surface area contributed by atoms with Crippen LogP contribution in [0.15, 0.2) is 22.6 Å². The van der Waals surface area contributed by atoms with Crippen LogP contribution in [0.1, 0.15) is 47.4 Å². The maximum absolute atomic E-state index is 12.9. The van der Waals surface area contributed by atoms with E-state index in [9.17, 15) is 4.79 Å². The zero-order valence-corrected chi connectivity index (χ0v) is 15.8. The second-order valence-electron chi connectivity index (χ2n) is 7.43. The molecule has 2 aromatic rings. The topological polar surface area (TPSA) is 45.5 Å². The Labute approximate surface area is 155 Å². The lowest BCUT2D eigenvalue weighted by Gasteiger charge is -2.32. The van der Waals surface area contributed by atoms with Gasteiger partial charge in [-0.15, -0.1) is 12.4 Å². The van der Waals surface area contributed by atoms with E-state index >= 15 is 0 Å². The molecule has 1 N–H and O–H groups in total. The second kappa shape index (κ2) is 7.38. The molecule has 0 atom stereocenters. The van der Waals surface area contributed by atoms with Crippen LogP contribution in [0.2, 0.25) is 0 Å². The van der Waals surface area contributed by atoms with Crippen molar-refractivity contribution in [1.29, 1.82) is 0 Å². The number of hydrogen-bond acceptors (Lipinski definition) is 3. The molecule has 2 aliphatic rings. The van der Waals surface area contributed by atoms with Gasteiger partial charge in [-0.2, -0.15) is 0 Å². The van der Waals surface area contributed by atoms with Crippen LogP contribution in [0, 0.1) is 19.8 Å². The lowest BCUT2D eigenvalue weighted by atomic mass is 10.0. The Morgan fingerprint density at radius 2 is 1.92 bits per heavy atom. The van der Waals surface area contributed by atoms with Gasteiger partial charge in [-0.05, 0) is 57.6 Å². The summed E-state index contributed by atoms with van der Waals surface area (Å²) in [5.41, 5.74) is 2.89. The Kier molecular flexibility index (Phi) is 5.40. The summed E-state index contributed by atoms with van der Waals surface area (Å²) in [7, 11) is 0. The minimum absolute atomic E-state index is 0. The van der Waals surface area contributed by atoms with E-state index < -0.39 is 0 Å². The molecule has 136 valence electrons. The van der Waals surface area contributed by atoms with E-state index in [4.69, 9.17) is 4.42 Å². The SMILES string of the molecule is Cc1c(C(=O)N2CCC(NCC3CC3)CC2)oc2c(C)cccc12.Cl. The first kappa shape index (κ1) is 18.3. The summed E-state index contributed by atoms with van der Waals surface area (Å²) in [6.45, 7) is 6.80. The Balaban J connectivity index is 0.00000182. The molecule has 4 rings (SSSR count). The first-order valence-corrected chi connectivity index (χ1v) is 9.15. The number of likely N-dealkylation sites (tertiary alicyclic amines) is 1. The van der Waals surface area contributed by atoms with Crippen LogP contribution < -0.4 is 5.32 Å². The Hall–Kier alpha value is -1.52. The van der Waals surface area contributed by atoms with Crippen molar-refractivity contribution in [3.63, 3.8) is 0 Å². The van der Waals surface area contributed by atoms with Gasteiger partial charge in [-0.1, -0.05) is 18.2 Å². The molecule has 1 amide bonds. The number of rotatable bonds is 4. The summed E-state index contributed by atoms with van der Waals surface area (Å²) in [6, 6.07) is 6.64. The van der Waals surface area contributed by atoms with Gasteiger partial charge in [-0.25, -0.2) is 0 Å². The number of halogens is 1. The van der Waals surface area contributed by atoms with Gasteiger partial charge >= 0.3 is 0 Å². The minimum Gasteiger partial charge on any atom is -0.450 e. The predicted octanol–water partition coefficient (Wildman–Crippen LogP) is 4.08. The molecule has 0 bridgehead atoms. The molecule has 1 aliphatic carbocycles. The van der Waals surface area contributed by atoms with Gasteiger partial charge in [-0.3, -0.25) is 4.79 Å². The highest BCUT2D eigenvalue weighted by Gasteiger charge is 2.29. The van der Waals surface area contributed by atoms with Crippen molar-refractivity contribution in [2.45, 2.75) is 45.6 Å². The number of nitrogens with one attached hydrogen (secondary N) is 1. The second-order valence-corrected chi connectivity index (χ2v) is 7.43. The van der Waals surface area contributed by atoms with Crippen LogP contribution in [0.25, 0.3) is 11.0 Å². The fraction of sp³-hybridized carbons (Fsp3) is 0.550. The summed E-state index contributed by atoms with van der Waals surface area (Å²) in [4.78, 5) is 14.8. The van der Waals surface area contributed by atoms with Crippen LogP contribution in [0.4, 0.5) is 0 Å². The fourth-order valence-corrected chi connectivity index (χ4v) is 3.67. The normalized spacial score (nSPS) is 18.4. The number of amides is 1. The highest BCUT2D eigenvalue weighted by atomic mass is 35.5. The van der Waals surface area contributed by atoms with Gasteiger partial charge in [0, 0.05) is 30.1 Å². The number of fused-ring (bicyclic) bond motifs is 1. The van der Waals surface area contributed by atoms with Gasteiger partial charge < -0.3 is 14.6 Å². The van der Waals surface area contributed by atoms with Crippen molar-refractivity contribution in [3.05, 3.63) is 35.1 Å². The zero-order chi connectivity index (χ0) is 16.7. The van der Waals surface area contributed by atoms with Crippen molar-refractivity contribution in [1.82, 2.24) is 10.2 Å². The minimum atomic E-state index is 0. The molecular weight excluding hydrogens is 336 g/mol. The van der Waals surface area contributed by atoms with E-state index in [0.29, 0.717) is 11.8 Å². The first-order chi connectivity index (χ1) is 11.6. The standard InChI is InChI=1S/C20H26N2O2.ClH/c1-13-4-3-5-17-14(2)19(24-18(13)17)20(23)22-10-8-16(9-11-22)21-12-15-6-7-15;/h3-5,15-16,21H,6-12H2,1-2H3;1H. The average molecular weight is 363 g/mol. The summed E-state index contributed by atoms with van der Waals surface area (Å²) in [5, 5.41) is 4.72. The van der Waals surface area contributed by atoms with E-state index in [1.54, 1.807) is 0 Å². The molecular formula is C20H27ClN2O2. The highest BCUT2D eigenvalue weighted by molar-refractivity contribution is 5.99. The van der Waals surface area contributed by atoms with Gasteiger partial charge in [0.05, 0.1) is 0 Å². The number of piperidine rings is 1. The van der Waals surface area contributed by atoms with E-state index in [2.05, 4.69) is 5.32 Å². The lowest BCUT2D eigenvalue weighted by molar-refractivity contribution is 0.0674.